The van der Waals surface area contributed by atoms with E-state index in [0.717, 1.165) is 6.42 Å². The van der Waals surface area contributed by atoms with Gasteiger partial charge in [-0.05, 0) is 38.0 Å². The summed E-state index contributed by atoms with van der Waals surface area (Å²) >= 11 is 12.1. The van der Waals surface area contributed by atoms with E-state index in [1.165, 1.54) is 11.8 Å². The second-order valence-electron chi connectivity index (χ2n) is 6.59. The van der Waals surface area contributed by atoms with Crippen molar-refractivity contribution >= 4 is 40.5 Å². The Balaban J connectivity index is 2.42. The lowest BCUT2D eigenvalue weighted by atomic mass is 9.99. The molecule has 134 valence electrons. The highest BCUT2D eigenvalue weighted by Gasteiger charge is 2.31. The number of hydrogen-bond acceptors (Lipinski definition) is 4. The molecular formula is C18H20Cl2N2O3. The Kier molecular flexibility index (Phi) is 5.59. The quantitative estimate of drug-likeness (QED) is 0.772. The van der Waals surface area contributed by atoms with Crippen LogP contribution in [-0.2, 0) is 11.3 Å². The highest BCUT2D eigenvalue weighted by Crippen LogP contribution is 2.29. The number of carbonyl (C=O) groups is 1. The first-order valence-electron chi connectivity index (χ1n) is 7.91. The molecule has 0 spiro atoms. The van der Waals surface area contributed by atoms with Crippen LogP contribution in [0.4, 0.5) is 11.4 Å². The third-order valence-electron chi connectivity index (χ3n) is 4.23. The molecule has 0 fully saturated rings. The smallest absolute Gasteiger partial charge is 0.253 e. The van der Waals surface area contributed by atoms with Crippen molar-refractivity contribution < 1.29 is 4.79 Å². The minimum absolute atomic E-state index is 0.0808. The first-order chi connectivity index (χ1) is 11.6. The lowest BCUT2D eigenvalue weighted by Gasteiger charge is -2.31. The molecule has 0 bridgehead atoms. The summed E-state index contributed by atoms with van der Waals surface area (Å²) in [4.78, 5) is 37.5. The zero-order chi connectivity index (χ0) is 18.9. The second-order valence-corrected chi connectivity index (χ2v) is 7.43. The van der Waals surface area contributed by atoms with E-state index in [2.05, 4.69) is 5.32 Å². The minimum Gasteiger partial charge on any atom is -0.375 e. The molecule has 0 aromatic heterocycles. The molecule has 7 heteroatoms. The van der Waals surface area contributed by atoms with Gasteiger partial charge in [-0.15, -0.1) is 0 Å². The van der Waals surface area contributed by atoms with E-state index >= 15 is 0 Å². The van der Waals surface area contributed by atoms with Crippen molar-refractivity contribution in [3.63, 3.8) is 0 Å². The van der Waals surface area contributed by atoms with E-state index < -0.39 is 10.9 Å². The predicted molar refractivity (Wildman–Crippen MR) is 103 cm³/mol. The summed E-state index contributed by atoms with van der Waals surface area (Å²) in [5, 5.41) is 3.94. The van der Waals surface area contributed by atoms with Crippen molar-refractivity contribution in [2.45, 2.75) is 46.2 Å². The minimum atomic E-state index is -0.672. The number of amides is 1. The molecule has 0 heterocycles. The number of anilines is 2. The maximum Gasteiger partial charge on any atom is 0.253 e. The van der Waals surface area contributed by atoms with Gasteiger partial charge in [-0.2, -0.15) is 0 Å². The van der Waals surface area contributed by atoms with Gasteiger partial charge in [0.25, 0.3) is 10.9 Å². The van der Waals surface area contributed by atoms with Crippen molar-refractivity contribution in [2.75, 3.05) is 10.2 Å². The fourth-order valence-corrected chi connectivity index (χ4v) is 2.82. The molecule has 2 rings (SSSR count). The number of halogens is 2. The van der Waals surface area contributed by atoms with Gasteiger partial charge in [0.2, 0.25) is 5.91 Å². The topological polar surface area (TPSA) is 66.5 Å². The second kappa shape index (κ2) is 7.18. The third-order valence-corrected chi connectivity index (χ3v) is 4.81. The number of nitrogens with zero attached hydrogens (tertiary/aromatic N) is 1. The van der Waals surface area contributed by atoms with Crippen molar-refractivity contribution in [3.05, 3.63) is 54.3 Å². The average molecular weight is 383 g/mol. The van der Waals surface area contributed by atoms with E-state index in [4.69, 9.17) is 23.2 Å². The third kappa shape index (κ3) is 4.05. The molecule has 2 aromatic rings. The molecule has 0 atom stereocenters. The van der Waals surface area contributed by atoms with E-state index in [-0.39, 0.29) is 29.4 Å². The summed E-state index contributed by atoms with van der Waals surface area (Å²) in [6, 6.07) is 4.91. The lowest BCUT2D eigenvalue weighted by Crippen LogP contribution is -2.47. The number of rotatable bonds is 6. The van der Waals surface area contributed by atoms with Gasteiger partial charge < -0.3 is 10.2 Å². The highest BCUT2D eigenvalue weighted by molar-refractivity contribution is 6.35. The summed E-state index contributed by atoms with van der Waals surface area (Å²) < 4.78 is 0. The largest absolute Gasteiger partial charge is 0.375 e. The number of carbonyl (C=O) groups excluding carboxylic acids is 1. The predicted octanol–water partition coefficient (Wildman–Crippen LogP) is 3.74. The molecule has 1 amide bonds. The maximum atomic E-state index is 12.1. The van der Waals surface area contributed by atoms with E-state index in [1.54, 1.807) is 18.2 Å². The van der Waals surface area contributed by atoms with Gasteiger partial charge in [0, 0.05) is 22.5 Å². The van der Waals surface area contributed by atoms with Crippen molar-refractivity contribution in [1.82, 2.24) is 0 Å². The van der Waals surface area contributed by atoms with E-state index in [1.807, 2.05) is 20.8 Å². The Labute approximate surface area is 156 Å². The SMILES string of the molecule is CCC(C)(C)Nc1c(N(Cc2ccc(Cl)cc2Cl)C(C)=O)c(=O)c1=O. The van der Waals surface area contributed by atoms with Crippen LogP contribution in [0.25, 0.3) is 0 Å². The van der Waals surface area contributed by atoms with Gasteiger partial charge in [0.1, 0.15) is 11.4 Å². The van der Waals surface area contributed by atoms with Crippen LogP contribution < -0.4 is 21.1 Å². The van der Waals surface area contributed by atoms with Crippen LogP contribution in [0.5, 0.6) is 0 Å². The summed E-state index contributed by atoms with van der Waals surface area (Å²) in [6.07, 6.45) is 0.744. The molecule has 0 unspecified atom stereocenters. The summed E-state index contributed by atoms with van der Waals surface area (Å²) in [5.41, 5.74) is -0.756. The Morgan fingerprint density at radius 3 is 2.36 bits per heavy atom. The molecule has 0 aliphatic carbocycles. The monoisotopic (exact) mass is 382 g/mol. The maximum absolute atomic E-state index is 12.1. The standard InChI is InChI=1S/C18H20Cl2N2O3/c1-5-18(3,4)21-14-15(17(25)16(14)24)22(10(2)23)9-11-6-7-12(19)8-13(11)20/h6-8,21H,5,9H2,1-4H3. The van der Waals surface area contributed by atoms with Crippen LogP contribution in [0, 0.1) is 0 Å². The van der Waals surface area contributed by atoms with Crippen LogP contribution in [0.2, 0.25) is 10.0 Å². The Hall–Kier alpha value is -1.85. The molecule has 1 N–H and O–H groups in total. The van der Waals surface area contributed by atoms with E-state index in [0.29, 0.717) is 15.6 Å². The van der Waals surface area contributed by atoms with Crippen molar-refractivity contribution in [2.24, 2.45) is 0 Å². The number of hydrogen-bond donors (Lipinski definition) is 1. The normalized spacial score (nSPS) is 11.6. The summed E-state index contributed by atoms with van der Waals surface area (Å²) in [6.45, 7) is 7.23. The summed E-state index contributed by atoms with van der Waals surface area (Å²) in [7, 11) is 0. The Morgan fingerprint density at radius 2 is 1.84 bits per heavy atom. The Bertz CT molecular complexity index is 883. The fourth-order valence-electron chi connectivity index (χ4n) is 2.35. The van der Waals surface area contributed by atoms with Gasteiger partial charge in [-0.1, -0.05) is 36.2 Å². The summed E-state index contributed by atoms with van der Waals surface area (Å²) in [5.74, 6) is -0.351. The van der Waals surface area contributed by atoms with Crippen LogP contribution in [-0.4, -0.2) is 11.4 Å². The molecule has 2 aromatic carbocycles. The first kappa shape index (κ1) is 19.5. The molecule has 25 heavy (non-hydrogen) atoms. The molecule has 5 nitrogen and oxygen atoms in total. The first-order valence-corrected chi connectivity index (χ1v) is 8.66. The van der Waals surface area contributed by atoms with Crippen LogP contribution in [0.15, 0.2) is 27.8 Å². The van der Waals surface area contributed by atoms with Gasteiger partial charge in [-0.25, -0.2) is 0 Å². The molecule has 0 saturated heterocycles. The van der Waals surface area contributed by atoms with Crippen LogP contribution in [0.1, 0.15) is 39.7 Å². The zero-order valence-corrected chi connectivity index (χ0v) is 16.1. The van der Waals surface area contributed by atoms with Gasteiger partial charge in [-0.3, -0.25) is 14.4 Å². The molecule has 0 aliphatic rings. The van der Waals surface area contributed by atoms with Crippen LogP contribution >= 0.6 is 23.2 Å². The van der Waals surface area contributed by atoms with Crippen LogP contribution in [0.3, 0.4) is 0 Å². The number of nitrogens with one attached hydrogen (secondary N) is 1. The van der Waals surface area contributed by atoms with E-state index in [9.17, 15) is 14.4 Å². The molecule has 0 saturated carbocycles. The van der Waals surface area contributed by atoms with Gasteiger partial charge in [0.15, 0.2) is 0 Å². The van der Waals surface area contributed by atoms with Crippen molar-refractivity contribution in [1.29, 1.82) is 0 Å². The zero-order valence-electron chi connectivity index (χ0n) is 14.6. The number of benzene rings is 1. The average Bonchev–Trinajstić information content (AvgIpc) is 2.54. The van der Waals surface area contributed by atoms with Gasteiger partial charge >= 0.3 is 0 Å². The molecule has 0 radical (unpaired) electrons. The van der Waals surface area contributed by atoms with Crippen molar-refractivity contribution in [3.8, 4) is 0 Å². The lowest BCUT2D eigenvalue weighted by molar-refractivity contribution is -0.116. The van der Waals surface area contributed by atoms with Gasteiger partial charge in [0.05, 0.1) is 6.54 Å². The fraction of sp³-hybridized carbons (Fsp3) is 0.389. The Morgan fingerprint density at radius 1 is 1.20 bits per heavy atom. The molecular weight excluding hydrogens is 363 g/mol. The highest BCUT2D eigenvalue weighted by atomic mass is 35.5. The molecule has 0 aliphatic heterocycles.